The van der Waals surface area contributed by atoms with E-state index >= 15 is 0 Å². The summed E-state index contributed by atoms with van der Waals surface area (Å²) < 4.78 is 51.5. The molecule has 0 saturated carbocycles. The molecular formula is C22H20F3N3O6. The summed E-state index contributed by atoms with van der Waals surface area (Å²) in [4.78, 5) is 43.7. The average molecular weight is 479 g/mol. The molecule has 0 aliphatic carbocycles. The number of carbonyl (C=O) groups is 3. The van der Waals surface area contributed by atoms with Crippen molar-refractivity contribution in [2.45, 2.75) is 25.2 Å². The highest BCUT2D eigenvalue weighted by molar-refractivity contribution is 6.03. The Morgan fingerprint density at radius 2 is 2.00 bits per heavy atom. The van der Waals surface area contributed by atoms with Crippen molar-refractivity contribution < 1.29 is 41.8 Å². The molecule has 2 aromatic rings. The third-order valence-electron chi connectivity index (χ3n) is 5.36. The molecule has 0 bridgehead atoms. The first-order valence-electron chi connectivity index (χ1n) is 10.3. The monoisotopic (exact) mass is 479 g/mol. The minimum absolute atomic E-state index is 0.161. The Labute approximate surface area is 192 Å². The molecule has 1 atom stereocenters. The number of hydrogen-bond acceptors (Lipinski definition) is 7. The topological polar surface area (TPSA) is 98.3 Å². The van der Waals surface area contributed by atoms with Gasteiger partial charge in [0, 0.05) is 36.8 Å². The Bertz CT molecular complexity index is 1110. The first-order chi connectivity index (χ1) is 16.1. The molecule has 0 radical (unpaired) electrons. The number of methoxy groups -OCH3 is 1. The van der Waals surface area contributed by atoms with Crippen molar-refractivity contribution in [2.75, 3.05) is 31.7 Å². The predicted molar refractivity (Wildman–Crippen MR) is 110 cm³/mol. The Balaban J connectivity index is 1.39. The zero-order chi connectivity index (χ0) is 24.5. The number of carbonyl (C=O) groups excluding carboxylic acids is 3. The van der Waals surface area contributed by atoms with Gasteiger partial charge in [0.15, 0.2) is 12.7 Å². The maximum absolute atomic E-state index is 12.9. The van der Waals surface area contributed by atoms with Gasteiger partial charge in [0.1, 0.15) is 12.3 Å². The van der Waals surface area contributed by atoms with E-state index in [1.807, 2.05) is 0 Å². The van der Waals surface area contributed by atoms with Crippen LogP contribution in [0, 0.1) is 0 Å². The van der Waals surface area contributed by atoms with Crippen molar-refractivity contribution in [1.29, 1.82) is 0 Å². The van der Waals surface area contributed by atoms with E-state index in [9.17, 15) is 27.6 Å². The summed E-state index contributed by atoms with van der Waals surface area (Å²) in [5.74, 6) is -1.17. The van der Waals surface area contributed by atoms with E-state index in [0.717, 1.165) is 5.56 Å². The summed E-state index contributed by atoms with van der Waals surface area (Å²) in [5, 5.41) is 0. The summed E-state index contributed by atoms with van der Waals surface area (Å²) in [5.41, 5.74) is 1.69. The number of alkyl halides is 3. The van der Waals surface area contributed by atoms with Gasteiger partial charge >= 0.3 is 12.1 Å². The van der Waals surface area contributed by atoms with Crippen molar-refractivity contribution in [3.05, 3.63) is 47.7 Å². The lowest BCUT2D eigenvalue weighted by Crippen LogP contribution is -2.32. The second kappa shape index (κ2) is 9.20. The van der Waals surface area contributed by atoms with Gasteiger partial charge in [-0.3, -0.25) is 14.4 Å². The van der Waals surface area contributed by atoms with Gasteiger partial charge in [-0.2, -0.15) is 13.2 Å². The molecule has 4 rings (SSSR count). The van der Waals surface area contributed by atoms with Crippen LogP contribution in [0.4, 0.5) is 18.9 Å². The van der Waals surface area contributed by atoms with Gasteiger partial charge in [0.25, 0.3) is 11.8 Å². The number of halogens is 3. The van der Waals surface area contributed by atoms with Crippen molar-refractivity contribution in [3.63, 3.8) is 0 Å². The number of aromatic nitrogens is 1. The maximum Gasteiger partial charge on any atom is 0.422 e. The zero-order valence-corrected chi connectivity index (χ0v) is 18.0. The number of nitrogens with zero attached hydrogens (tertiary/aromatic N) is 3. The minimum Gasteiger partial charge on any atom is -0.479 e. The lowest BCUT2D eigenvalue weighted by molar-refractivity contribution is -0.154. The van der Waals surface area contributed by atoms with Crippen LogP contribution in [-0.2, 0) is 20.9 Å². The average Bonchev–Trinajstić information content (AvgIpc) is 3.31. The van der Waals surface area contributed by atoms with Crippen molar-refractivity contribution in [2.24, 2.45) is 0 Å². The Morgan fingerprint density at radius 1 is 1.21 bits per heavy atom. The molecule has 0 N–H and O–H groups in total. The molecule has 0 unspecified atom stereocenters. The number of ether oxygens (including phenoxy) is 3. The van der Waals surface area contributed by atoms with Gasteiger partial charge in [0.05, 0.1) is 13.3 Å². The van der Waals surface area contributed by atoms with E-state index < -0.39 is 24.9 Å². The Hall–Kier alpha value is -3.83. The van der Waals surface area contributed by atoms with Crippen LogP contribution in [-0.4, -0.2) is 66.8 Å². The molecule has 1 aromatic carbocycles. The Morgan fingerprint density at radius 3 is 2.68 bits per heavy atom. The van der Waals surface area contributed by atoms with E-state index in [1.165, 1.54) is 35.2 Å². The van der Waals surface area contributed by atoms with E-state index in [-0.39, 0.29) is 36.5 Å². The highest BCUT2D eigenvalue weighted by Crippen LogP contribution is 2.31. The van der Waals surface area contributed by atoms with Gasteiger partial charge in [0.2, 0.25) is 5.88 Å². The van der Waals surface area contributed by atoms with E-state index in [0.29, 0.717) is 24.2 Å². The standard InChI is InChI=1S/C22H20F3N3O6/c1-32-19(29)11-27-10-13-2-3-14(8-16(13)20(27)30)28-7-6-17(21(28)31)34-15-4-5-18(26-9-15)33-12-22(23,24)25/h2-5,8-9,17H,6-7,10-12H2,1H3/t17-/m1/s1. The fourth-order valence-electron chi connectivity index (χ4n) is 3.73. The van der Waals surface area contributed by atoms with Crippen LogP contribution in [0.5, 0.6) is 11.6 Å². The van der Waals surface area contributed by atoms with Crippen LogP contribution < -0.4 is 14.4 Å². The van der Waals surface area contributed by atoms with Gasteiger partial charge in [-0.1, -0.05) is 6.07 Å². The SMILES string of the molecule is COC(=O)CN1Cc2ccc(N3CC[C@@H](Oc4ccc(OCC(F)(F)F)nc4)C3=O)cc2C1=O. The summed E-state index contributed by atoms with van der Waals surface area (Å²) in [6.07, 6.45) is -3.74. The highest BCUT2D eigenvalue weighted by atomic mass is 19.4. The van der Waals surface area contributed by atoms with E-state index in [1.54, 1.807) is 18.2 Å². The third kappa shape index (κ3) is 5.05. The molecule has 1 aromatic heterocycles. The van der Waals surface area contributed by atoms with Crippen molar-refractivity contribution in [3.8, 4) is 11.6 Å². The largest absolute Gasteiger partial charge is 0.479 e. The quantitative estimate of drug-likeness (QED) is 0.563. The molecule has 0 spiro atoms. The van der Waals surface area contributed by atoms with Gasteiger partial charge in [-0.15, -0.1) is 0 Å². The van der Waals surface area contributed by atoms with Crippen LogP contribution in [0.1, 0.15) is 22.3 Å². The molecule has 2 aliphatic heterocycles. The van der Waals surface area contributed by atoms with Crippen LogP contribution in [0.2, 0.25) is 0 Å². The van der Waals surface area contributed by atoms with E-state index in [4.69, 9.17) is 4.74 Å². The zero-order valence-electron chi connectivity index (χ0n) is 18.0. The summed E-state index contributed by atoms with van der Waals surface area (Å²) in [7, 11) is 1.25. The first-order valence-corrected chi connectivity index (χ1v) is 10.3. The molecule has 2 aliphatic rings. The normalized spacial score (nSPS) is 17.7. The third-order valence-corrected chi connectivity index (χ3v) is 5.36. The minimum atomic E-state index is -4.47. The summed E-state index contributed by atoms with van der Waals surface area (Å²) >= 11 is 0. The first kappa shape index (κ1) is 23.3. The Kier molecular flexibility index (Phi) is 6.31. The van der Waals surface area contributed by atoms with Gasteiger partial charge in [-0.05, 0) is 23.8 Å². The van der Waals surface area contributed by atoms with Crippen molar-refractivity contribution in [1.82, 2.24) is 9.88 Å². The molecule has 180 valence electrons. The van der Waals surface area contributed by atoms with E-state index in [2.05, 4.69) is 14.5 Å². The van der Waals surface area contributed by atoms with Gasteiger partial charge in [-0.25, -0.2) is 4.98 Å². The molecule has 1 fully saturated rings. The number of hydrogen-bond donors (Lipinski definition) is 0. The fourth-order valence-corrected chi connectivity index (χ4v) is 3.73. The second-order valence-electron chi connectivity index (χ2n) is 7.70. The smallest absolute Gasteiger partial charge is 0.422 e. The van der Waals surface area contributed by atoms with Crippen LogP contribution in [0.15, 0.2) is 36.5 Å². The van der Waals surface area contributed by atoms with Crippen LogP contribution in [0.25, 0.3) is 0 Å². The number of fused-ring (bicyclic) bond motifs is 1. The van der Waals surface area contributed by atoms with Gasteiger partial charge < -0.3 is 24.0 Å². The number of rotatable bonds is 7. The van der Waals surface area contributed by atoms with Crippen molar-refractivity contribution >= 4 is 23.5 Å². The van der Waals surface area contributed by atoms with Crippen LogP contribution >= 0.6 is 0 Å². The molecule has 2 amide bonds. The molecule has 12 heteroatoms. The number of esters is 1. The summed E-state index contributed by atoms with van der Waals surface area (Å²) in [6, 6.07) is 7.68. The van der Waals surface area contributed by atoms with Crippen LogP contribution in [0.3, 0.4) is 0 Å². The molecule has 34 heavy (non-hydrogen) atoms. The lowest BCUT2D eigenvalue weighted by Gasteiger charge is -2.18. The molecule has 3 heterocycles. The number of benzene rings is 1. The number of anilines is 1. The predicted octanol–water partition coefficient (Wildman–Crippen LogP) is 2.34. The summed E-state index contributed by atoms with van der Waals surface area (Å²) in [6.45, 7) is -0.993. The maximum atomic E-state index is 12.9. The molecule has 9 nitrogen and oxygen atoms in total. The fraction of sp³-hybridized carbons (Fsp3) is 0.364. The molecular weight excluding hydrogens is 459 g/mol. The lowest BCUT2D eigenvalue weighted by atomic mass is 10.1. The number of pyridine rings is 1. The molecule has 1 saturated heterocycles. The number of amides is 2. The highest BCUT2D eigenvalue weighted by Gasteiger charge is 2.36. The second-order valence-corrected chi connectivity index (χ2v) is 7.70.